The summed E-state index contributed by atoms with van der Waals surface area (Å²) in [5.74, 6) is 0.00669. The predicted molar refractivity (Wildman–Crippen MR) is 132 cm³/mol. The van der Waals surface area contributed by atoms with E-state index in [2.05, 4.69) is 47.5 Å². The number of benzene rings is 2. The van der Waals surface area contributed by atoms with Gasteiger partial charge >= 0.3 is 0 Å². The van der Waals surface area contributed by atoms with Gasteiger partial charge in [0.2, 0.25) is 0 Å². The Bertz CT molecular complexity index is 1200. The molecule has 7 nitrogen and oxygen atoms in total. The van der Waals surface area contributed by atoms with E-state index in [1.807, 2.05) is 13.8 Å². The maximum absolute atomic E-state index is 14.0. The number of nitrogens with zero attached hydrogens (tertiary/aromatic N) is 3. The van der Waals surface area contributed by atoms with Crippen LogP contribution in [-0.4, -0.2) is 29.0 Å². The molecule has 0 saturated heterocycles. The van der Waals surface area contributed by atoms with Crippen LogP contribution in [0.3, 0.4) is 0 Å². The van der Waals surface area contributed by atoms with Crippen molar-refractivity contribution < 1.29 is 18.7 Å². The number of methoxy groups -OCH3 is 1. The Hall–Kier alpha value is -2.43. The largest absolute Gasteiger partial charge is 0.493 e. The van der Waals surface area contributed by atoms with Crippen LogP contribution >= 0.6 is 43.5 Å². The molecule has 0 aliphatic rings. The smallest absolute Gasteiger partial charge is 0.261 e. The van der Waals surface area contributed by atoms with Gasteiger partial charge in [-0.3, -0.25) is 9.48 Å². The zero-order chi connectivity index (χ0) is 24.1. The Morgan fingerprint density at radius 1 is 1.33 bits per heavy atom. The number of nitrogens with one attached hydrogen (secondary N) is 1. The molecular weight excluding hydrogens is 583 g/mol. The molecule has 2 aromatic carbocycles. The molecule has 0 aliphatic heterocycles. The molecule has 1 amide bonds. The van der Waals surface area contributed by atoms with Crippen LogP contribution < -0.4 is 14.9 Å². The van der Waals surface area contributed by atoms with E-state index in [0.29, 0.717) is 21.5 Å². The number of carbonyl (C=O) groups is 1. The van der Waals surface area contributed by atoms with Gasteiger partial charge in [0.25, 0.3) is 5.91 Å². The standard InChI is InChI=1S/C22H20Br2ClFN4O3/c1-12-21(24)13(2)30(29-12)10-20(31)28-27-9-14-7-16(23)22(19(8-14)32-3)33-11-15-17(25)5-4-6-18(15)26/h4-9H,10-11H2,1-3H3,(H,28,31)/b27-9+. The van der Waals surface area contributed by atoms with Crippen LogP contribution in [0.5, 0.6) is 11.5 Å². The van der Waals surface area contributed by atoms with Crippen molar-refractivity contribution >= 4 is 55.6 Å². The van der Waals surface area contributed by atoms with Crippen LogP contribution in [-0.2, 0) is 17.9 Å². The number of halogens is 4. The van der Waals surface area contributed by atoms with Gasteiger partial charge in [0.1, 0.15) is 19.0 Å². The van der Waals surface area contributed by atoms with Crippen LogP contribution in [0.4, 0.5) is 4.39 Å². The lowest BCUT2D eigenvalue weighted by molar-refractivity contribution is -0.121. The van der Waals surface area contributed by atoms with Gasteiger partial charge < -0.3 is 9.47 Å². The summed E-state index contributed by atoms with van der Waals surface area (Å²) in [6.45, 7) is 3.68. The molecule has 3 rings (SSSR count). The Morgan fingerprint density at radius 2 is 2.09 bits per heavy atom. The summed E-state index contributed by atoms with van der Waals surface area (Å²) in [6, 6.07) is 7.85. The van der Waals surface area contributed by atoms with Crippen molar-refractivity contribution in [2.45, 2.75) is 27.0 Å². The zero-order valence-electron chi connectivity index (χ0n) is 18.0. The first kappa shape index (κ1) is 25.2. The summed E-state index contributed by atoms with van der Waals surface area (Å²) >= 11 is 12.9. The predicted octanol–water partition coefficient (Wildman–Crippen LogP) is 5.56. The lowest BCUT2D eigenvalue weighted by Crippen LogP contribution is -2.24. The normalized spacial score (nSPS) is 11.1. The number of hydrogen-bond acceptors (Lipinski definition) is 5. The third-order valence-electron chi connectivity index (χ3n) is 4.66. The van der Waals surface area contributed by atoms with Crippen LogP contribution in [0.2, 0.25) is 5.02 Å². The van der Waals surface area contributed by atoms with E-state index in [0.717, 1.165) is 15.9 Å². The van der Waals surface area contributed by atoms with Gasteiger partial charge in [-0.1, -0.05) is 17.7 Å². The molecule has 0 radical (unpaired) electrons. The molecule has 0 atom stereocenters. The summed E-state index contributed by atoms with van der Waals surface area (Å²) in [5.41, 5.74) is 5.03. The first-order chi connectivity index (χ1) is 15.7. The van der Waals surface area contributed by atoms with Crippen molar-refractivity contribution in [1.29, 1.82) is 0 Å². The van der Waals surface area contributed by atoms with E-state index in [1.165, 1.54) is 25.5 Å². The summed E-state index contributed by atoms with van der Waals surface area (Å²) in [6.07, 6.45) is 1.47. The first-order valence-corrected chi connectivity index (χ1v) is 11.6. The van der Waals surface area contributed by atoms with Gasteiger partial charge in [-0.2, -0.15) is 10.2 Å². The fourth-order valence-corrected chi connectivity index (χ4v) is 4.02. The number of rotatable bonds is 8. The van der Waals surface area contributed by atoms with Crippen molar-refractivity contribution in [3.63, 3.8) is 0 Å². The van der Waals surface area contributed by atoms with Crippen molar-refractivity contribution in [1.82, 2.24) is 15.2 Å². The minimum Gasteiger partial charge on any atom is -0.493 e. The Labute approximate surface area is 212 Å². The monoisotopic (exact) mass is 600 g/mol. The summed E-state index contributed by atoms with van der Waals surface area (Å²) in [7, 11) is 1.49. The molecule has 0 saturated carbocycles. The summed E-state index contributed by atoms with van der Waals surface area (Å²) in [4.78, 5) is 12.2. The highest BCUT2D eigenvalue weighted by Crippen LogP contribution is 2.37. The van der Waals surface area contributed by atoms with E-state index < -0.39 is 5.82 Å². The minimum absolute atomic E-state index is 0.0357. The van der Waals surface area contributed by atoms with Crippen molar-refractivity contribution in [3.05, 3.63) is 72.6 Å². The number of ether oxygens (including phenoxy) is 2. The molecule has 0 aliphatic carbocycles. The van der Waals surface area contributed by atoms with Crippen LogP contribution in [0.25, 0.3) is 0 Å². The van der Waals surface area contributed by atoms with E-state index in [1.54, 1.807) is 22.9 Å². The van der Waals surface area contributed by atoms with E-state index in [-0.39, 0.29) is 29.6 Å². The van der Waals surface area contributed by atoms with Crippen molar-refractivity contribution in [2.24, 2.45) is 5.10 Å². The Balaban J connectivity index is 1.67. The van der Waals surface area contributed by atoms with Crippen LogP contribution in [0.1, 0.15) is 22.5 Å². The van der Waals surface area contributed by atoms with Gasteiger partial charge in [0.15, 0.2) is 11.5 Å². The molecule has 174 valence electrons. The number of hydrazone groups is 1. The number of aromatic nitrogens is 2. The molecule has 0 spiro atoms. The number of carbonyl (C=O) groups excluding carboxylic acids is 1. The minimum atomic E-state index is -0.454. The number of aryl methyl sites for hydroxylation is 1. The molecule has 33 heavy (non-hydrogen) atoms. The van der Waals surface area contributed by atoms with Gasteiger partial charge in [0.05, 0.1) is 38.7 Å². The number of hydrogen-bond donors (Lipinski definition) is 1. The number of amides is 1. The molecule has 1 aromatic heterocycles. The second kappa shape index (κ2) is 11.1. The maximum Gasteiger partial charge on any atom is 0.261 e. The lowest BCUT2D eigenvalue weighted by Gasteiger charge is -2.14. The first-order valence-electron chi connectivity index (χ1n) is 9.65. The molecule has 1 N–H and O–H groups in total. The van der Waals surface area contributed by atoms with Crippen molar-refractivity contribution in [2.75, 3.05) is 7.11 Å². The highest BCUT2D eigenvalue weighted by Gasteiger charge is 2.15. The van der Waals surface area contributed by atoms with Crippen LogP contribution in [0.15, 0.2) is 44.4 Å². The third-order valence-corrected chi connectivity index (χ3v) is 6.75. The summed E-state index contributed by atoms with van der Waals surface area (Å²) < 4.78 is 28.2. The van der Waals surface area contributed by atoms with Crippen LogP contribution in [0, 0.1) is 19.7 Å². The fraction of sp³-hybridized carbons (Fsp3) is 0.227. The molecular formula is C22H20Br2ClFN4O3. The Morgan fingerprint density at radius 3 is 2.73 bits per heavy atom. The average molecular weight is 603 g/mol. The highest BCUT2D eigenvalue weighted by atomic mass is 79.9. The topological polar surface area (TPSA) is 77.7 Å². The quantitative estimate of drug-likeness (QED) is 0.271. The summed E-state index contributed by atoms with van der Waals surface area (Å²) in [5, 5.41) is 8.57. The molecule has 0 fully saturated rings. The second-order valence-electron chi connectivity index (χ2n) is 6.96. The van der Waals surface area contributed by atoms with Gasteiger partial charge in [-0.05, 0) is 75.5 Å². The molecule has 1 heterocycles. The second-order valence-corrected chi connectivity index (χ2v) is 9.01. The zero-order valence-corrected chi connectivity index (χ0v) is 21.9. The molecule has 0 bridgehead atoms. The lowest BCUT2D eigenvalue weighted by atomic mass is 10.2. The van der Waals surface area contributed by atoms with Gasteiger partial charge in [0, 0.05) is 5.56 Å². The van der Waals surface area contributed by atoms with E-state index in [4.69, 9.17) is 21.1 Å². The van der Waals surface area contributed by atoms with Gasteiger partial charge in [-0.25, -0.2) is 9.82 Å². The maximum atomic E-state index is 14.0. The average Bonchev–Trinajstić information content (AvgIpc) is 3.00. The molecule has 0 unspecified atom stereocenters. The third kappa shape index (κ3) is 6.13. The fourth-order valence-electron chi connectivity index (χ4n) is 2.95. The van der Waals surface area contributed by atoms with E-state index >= 15 is 0 Å². The highest BCUT2D eigenvalue weighted by molar-refractivity contribution is 9.10. The van der Waals surface area contributed by atoms with Crippen molar-refractivity contribution in [3.8, 4) is 11.5 Å². The molecule has 11 heteroatoms. The SMILES string of the molecule is COc1cc(/C=N/NC(=O)Cn2nc(C)c(Br)c2C)cc(Br)c1OCc1c(F)cccc1Cl. The van der Waals surface area contributed by atoms with E-state index in [9.17, 15) is 9.18 Å². The van der Waals surface area contributed by atoms with Gasteiger partial charge in [-0.15, -0.1) is 0 Å². The molecule has 3 aromatic rings. The Kier molecular flexibility index (Phi) is 8.50.